The molecule has 2 aliphatic rings. The van der Waals surface area contributed by atoms with E-state index < -0.39 is 0 Å². The lowest BCUT2D eigenvalue weighted by molar-refractivity contribution is -0.131. The molecule has 0 unspecified atom stereocenters. The number of amides is 2. The van der Waals surface area contributed by atoms with Crippen LogP contribution >= 0.6 is 0 Å². The number of ether oxygens (including phenoxy) is 1. The maximum absolute atomic E-state index is 12.7. The first-order valence-electron chi connectivity index (χ1n) is 12.4. The van der Waals surface area contributed by atoms with Crippen LogP contribution in [0.4, 0.5) is 0 Å². The molecule has 8 nitrogen and oxygen atoms in total. The maximum atomic E-state index is 12.7. The van der Waals surface area contributed by atoms with Crippen molar-refractivity contribution in [1.82, 2.24) is 25.1 Å². The number of carbonyl (C=O) groups is 2. The van der Waals surface area contributed by atoms with Crippen LogP contribution in [0.2, 0.25) is 0 Å². The number of nitrogens with one attached hydrogen (secondary N) is 2. The van der Waals surface area contributed by atoms with Crippen LogP contribution in [0.1, 0.15) is 30.7 Å². The molecule has 2 saturated heterocycles. The van der Waals surface area contributed by atoms with E-state index >= 15 is 0 Å². The number of fused-ring (bicyclic) bond motifs is 2. The monoisotopic (exact) mass is 475 g/mol. The van der Waals surface area contributed by atoms with Crippen LogP contribution in [-0.2, 0) is 16.0 Å². The fourth-order valence-electron chi connectivity index (χ4n) is 5.72. The van der Waals surface area contributed by atoms with Crippen LogP contribution in [0.3, 0.4) is 0 Å². The average Bonchev–Trinajstić information content (AvgIpc) is 3.45. The number of hydrogen-bond donors (Lipinski definition) is 2. The average molecular weight is 476 g/mol. The summed E-state index contributed by atoms with van der Waals surface area (Å²) in [5.74, 6) is 2.44. The molecular weight excluding hydrogens is 442 g/mol. The molecule has 2 aromatic carbocycles. The van der Waals surface area contributed by atoms with Gasteiger partial charge in [0, 0.05) is 57.4 Å². The SMILES string of the molecule is COc1ccc([C@H]2CN(C(C)=O)[C@@H]3CCN(CC(=O)NCCc4nc5ccccc5[nH]4)C[C@H]23)cc1. The topological polar surface area (TPSA) is 90.6 Å². The number of aromatic amines is 1. The van der Waals surface area contributed by atoms with Crippen LogP contribution < -0.4 is 10.1 Å². The summed E-state index contributed by atoms with van der Waals surface area (Å²) in [6.07, 6.45) is 1.56. The van der Waals surface area contributed by atoms with Crippen LogP contribution in [-0.4, -0.2) is 77.5 Å². The summed E-state index contributed by atoms with van der Waals surface area (Å²) in [6, 6.07) is 16.3. The van der Waals surface area contributed by atoms with Gasteiger partial charge < -0.3 is 19.9 Å². The predicted molar refractivity (Wildman–Crippen MR) is 134 cm³/mol. The summed E-state index contributed by atoms with van der Waals surface area (Å²) < 4.78 is 5.31. The van der Waals surface area contributed by atoms with Gasteiger partial charge in [-0.15, -0.1) is 0 Å². The van der Waals surface area contributed by atoms with Crippen molar-refractivity contribution in [3.8, 4) is 5.75 Å². The number of methoxy groups -OCH3 is 1. The van der Waals surface area contributed by atoms with Gasteiger partial charge in [0.15, 0.2) is 0 Å². The number of carbonyl (C=O) groups excluding carboxylic acids is 2. The number of nitrogens with zero attached hydrogens (tertiary/aromatic N) is 3. The van der Waals surface area contributed by atoms with Crippen molar-refractivity contribution < 1.29 is 14.3 Å². The van der Waals surface area contributed by atoms with Crippen molar-refractivity contribution in [2.45, 2.75) is 31.7 Å². The lowest BCUT2D eigenvalue weighted by Crippen LogP contribution is -2.50. The number of benzene rings is 2. The van der Waals surface area contributed by atoms with Gasteiger partial charge in [0.25, 0.3) is 0 Å². The van der Waals surface area contributed by atoms with Gasteiger partial charge in [0.2, 0.25) is 11.8 Å². The van der Waals surface area contributed by atoms with Gasteiger partial charge in [0.05, 0.1) is 24.7 Å². The molecule has 3 aromatic rings. The normalized spacial score (nSPS) is 22.2. The van der Waals surface area contributed by atoms with Gasteiger partial charge in [-0.1, -0.05) is 24.3 Å². The third-order valence-corrected chi connectivity index (χ3v) is 7.45. The fraction of sp³-hybridized carbons (Fsp3) is 0.444. The quantitative estimate of drug-likeness (QED) is 0.548. The van der Waals surface area contributed by atoms with Gasteiger partial charge in [-0.05, 0) is 36.2 Å². The van der Waals surface area contributed by atoms with Crippen molar-refractivity contribution in [2.75, 3.05) is 39.8 Å². The van der Waals surface area contributed by atoms with Crippen molar-refractivity contribution in [2.24, 2.45) is 5.92 Å². The third-order valence-electron chi connectivity index (χ3n) is 7.45. The van der Waals surface area contributed by atoms with Gasteiger partial charge in [-0.2, -0.15) is 0 Å². The molecule has 35 heavy (non-hydrogen) atoms. The molecular formula is C27H33N5O3. The summed E-state index contributed by atoms with van der Waals surface area (Å²) in [6.45, 7) is 4.94. The van der Waals surface area contributed by atoms with Gasteiger partial charge in [-0.25, -0.2) is 4.98 Å². The number of likely N-dealkylation sites (tertiary alicyclic amines) is 2. The van der Waals surface area contributed by atoms with Crippen molar-refractivity contribution >= 4 is 22.8 Å². The van der Waals surface area contributed by atoms with Crippen LogP contribution in [0.15, 0.2) is 48.5 Å². The van der Waals surface area contributed by atoms with E-state index in [-0.39, 0.29) is 23.8 Å². The second-order valence-electron chi connectivity index (χ2n) is 9.61. The van der Waals surface area contributed by atoms with Crippen LogP contribution in [0.25, 0.3) is 11.0 Å². The van der Waals surface area contributed by atoms with Crippen molar-refractivity contribution in [1.29, 1.82) is 0 Å². The Labute approximate surface area is 205 Å². The Morgan fingerprint density at radius 2 is 1.94 bits per heavy atom. The highest BCUT2D eigenvalue weighted by atomic mass is 16.5. The zero-order chi connectivity index (χ0) is 24.4. The number of piperidine rings is 1. The van der Waals surface area contributed by atoms with E-state index in [2.05, 4.69) is 32.3 Å². The molecule has 0 saturated carbocycles. The maximum Gasteiger partial charge on any atom is 0.234 e. The summed E-state index contributed by atoms with van der Waals surface area (Å²) >= 11 is 0. The van der Waals surface area contributed by atoms with E-state index in [0.29, 0.717) is 25.4 Å². The van der Waals surface area contributed by atoms with E-state index in [4.69, 9.17) is 4.74 Å². The van der Waals surface area contributed by atoms with E-state index in [1.807, 2.05) is 41.3 Å². The standard InChI is InChI=1S/C27H33N5O3/c1-18(33)32-16-21(19-7-9-20(35-2)10-8-19)22-15-31(14-12-25(22)32)17-27(34)28-13-11-26-29-23-5-3-4-6-24(23)30-26/h3-10,21-22,25H,11-17H2,1-2H3,(H,28,34)(H,29,30)/t21-,22-,25-/m1/s1. The van der Waals surface area contributed by atoms with Gasteiger partial charge in [-0.3, -0.25) is 14.5 Å². The molecule has 0 bridgehead atoms. The highest BCUT2D eigenvalue weighted by molar-refractivity contribution is 5.78. The van der Waals surface area contributed by atoms with Gasteiger partial charge >= 0.3 is 0 Å². The van der Waals surface area contributed by atoms with Crippen molar-refractivity contribution in [3.05, 3.63) is 59.9 Å². The molecule has 2 N–H and O–H groups in total. The Bertz CT molecular complexity index is 1160. The number of hydrogen-bond acceptors (Lipinski definition) is 5. The minimum atomic E-state index is 0.0296. The minimum Gasteiger partial charge on any atom is -0.497 e. The van der Waals surface area contributed by atoms with Crippen LogP contribution in [0.5, 0.6) is 5.75 Å². The smallest absolute Gasteiger partial charge is 0.234 e. The molecule has 5 rings (SSSR count). The third kappa shape index (κ3) is 5.03. The lowest BCUT2D eigenvalue weighted by Gasteiger charge is -2.38. The molecule has 2 aliphatic heterocycles. The number of aromatic nitrogens is 2. The number of H-pyrrole nitrogens is 1. The highest BCUT2D eigenvalue weighted by Gasteiger charge is 2.46. The predicted octanol–water partition coefficient (Wildman–Crippen LogP) is 2.57. The Balaban J connectivity index is 1.18. The van der Waals surface area contributed by atoms with Crippen molar-refractivity contribution in [3.63, 3.8) is 0 Å². The number of para-hydroxylation sites is 2. The second kappa shape index (κ2) is 10.1. The summed E-state index contributed by atoms with van der Waals surface area (Å²) in [5, 5.41) is 3.05. The molecule has 3 atom stereocenters. The van der Waals surface area contributed by atoms with E-state index in [1.54, 1.807) is 14.0 Å². The molecule has 3 heterocycles. The molecule has 0 radical (unpaired) electrons. The molecule has 8 heteroatoms. The number of imidazole rings is 1. The largest absolute Gasteiger partial charge is 0.497 e. The highest BCUT2D eigenvalue weighted by Crippen LogP contribution is 2.41. The zero-order valence-electron chi connectivity index (χ0n) is 20.4. The summed E-state index contributed by atoms with van der Waals surface area (Å²) in [7, 11) is 1.67. The molecule has 1 aromatic heterocycles. The molecule has 2 amide bonds. The zero-order valence-corrected chi connectivity index (χ0v) is 20.4. The Morgan fingerprint density at radius 3 is 2.69 bits per heavy atom. The first kappa shape index (κ1) is 23.4. The number of rotatable bonds is 7. The fourth-order valence-corrected chi connectivity index (χ4v) is 5.72. The summed E-state index contributed by atoms with van der Waals surface area (Å²) in [4.78, 5) is 37.2. The van der Waals surface area contributed by atoms with E-state index in [1.165, 1.54) is 5.56 Å². The molecule has 0 aliphatic carbocycles. The Morgan fingerprint density at radius 1 is 1.14 bits per heavy atom. The van der Waals surface area contributed by atoms with Gasteiger partial charge in [0.1, 0.15) is 11.6 Å². The minimum absolute atomic E-state index is 0.0296. The van der Waals surface area contributed by atoms with E-state index in [9.17, 15) is 9.59 Å². The molecule has 184 valence electrons. The Hall–Kier alpha value is -3.39. The second-order valence-corrected chi connectivity index (χ2v) is 9.61. The molecule has 0 spiro atoms. The first-order chi connectivity index (χ1) is 17.0. The van der Waals surface area contributed by atoms with Crippen LogP contribution in [0, 0.1) is 5.92 Å². The summed E-state index contributed by atoms with van der Waals surface area (Å²) in [5.41, 5.74) is 3.18. The lowest BCUT2D eigenvalue weighted by atomic mass is 9.82. The first-order valence-corrected chi connectivity index (χ1v) is 12.4. The van der Waals surface area contributed by atoms with E-state index in [0.717, 1.165) is 48.7 Å². The Kier molecular flexibility index (Phi) is 6.72. The molecule has 2 fully saturated rings.